The van der Waals surface area contributed by atoms with E-state index in [1.54, 1.807) is 0 Å². The maximum Gasteiger partial charge on any atom is 0.251 e. The number of amides is 1. The Morgan fingerprint density at radius 3 is 2.65 bits per heavy atom. The lowest BCUT2D eigenvalue weighted by atomic mass is 10.1. The zero-order valence-corrected chi connectivity index (χ0v) is 12.1. The fraction of sp³-hybridized carbons (Fsp3) is 0.462. The summed E-state index contributed by atoms with van der Waals surface area (Å²) in [5, 5.41) is 7.78. The van der Waals surface area contributed by atoms with Crippen LogP contribution in [0, 0.1) is 18.7 Å². The molecule has 0 heterocycles. The summed E-state index contributed by atoms with van der Waals surface area (Å²) >= 11 is 0. The lowest BCUT2D eigenvalue weighted by molar-refractivity contribution is 0.0948. The molecule has 1 aliphatic rings. The van der Waals surface area contributed by atoms with E-state index < -0.39 is 21.7 Å². The highest BCUT2D eigenvalue weighted by Crippen LogP contribution is 2.33. The van der Waals surface area contributed by atoms with Gasteiger partial charge in [-0.3, -0.25) is 4.79 Å². The highest BCUT2D eigenvalue weighted by atomic mass is 32.2. The molecule has 0 bridgehead atoms. The molecule has 3 N–H and O–H groups in total. The first-order valence-corrected chi connectivity index (χ1v) is 7.92. The van der Waals surface area contributed by atoms with Crippen molar-refractivity contribution in [3.8, 4) is 0 Å². The van der Waals surface area contributed by atoms with Gasteiger partial charge in [-0.05, 0) is 31.4 Å². The molecule has 1 aromatic carbocycles. The van der Waals surface area contributed by atoms with Gasteiger partial charge in [-0.1, -0.05) is 13.3 Å². The Bertz CT molecular complexity index is 658. The van der Waals surface area contributed by atoms with Crippen LogP contribution in [0.2, 0.25) is 0 Å². The number of carbonyl (C=O) groups is 1. The predicted molar refractivity (Wildman–Crippen MR) is 72.2 cm³/mol. The van der Waals surface area contributed by atoms with Gasteiger partial charge in [-0.25, -0.2) is 17.9 Å². The molecule has 0 aromatic heterocycles. The molecule has 110 valence electrons. The van der Waals surface area contributed by atoms with Crippen molar-refractivity contribution in [2.24, 2.45) is 11.1 Å². The average Bonchev–Trinajstić information content (AvgIpc) is 3.09. The fourth-order valence-corrected chi connectivity index (χ4v) is 3.02. The second-order valence-electron chi connectivity index (χ2n) is 5.11. The van der Waals surface area contributed by atoms with Crippen LogP contribution in [0.5, 0.6) is 0 Å². The molecule has 1 aliphatic carbocycles. The molecular formula is C13H17FN2O3S. The number of primary sulfonamides is 1. The van der Waals surface area contributed by atoms with Crippen LogP contribution in [-0.4, -0.2) is 20.4 Å². The third-order valence-corrected chi connectivity index (χ3v) is 4.67. The Morgan fingerprint density at radius 1 is 1.50 bits per heavy atom. The first kappa shape index (κ1) is 14.9. The number of rotatable bonds is 4. The minimum Gasteiger partial charge on any atom is -0.349 e. The summed E-state index contributed by atoms with van der Waals surface area (Å²) in [7, 11) is -4.06. The lowest BCUT2D eigenvalue weighted by Gasteiger charge is -2.09. The van der Waals surface area contributed by atoms with Gasteiger partial charge in [0.2, 0.25) is 10.0 Å². The Balaban J connectivity index is 2.29. The normalized spacial score (nSPS) is 21.6. The number of carbonyl (C=O) groups excluding carboxylic acids is 1. The van der Waals surface area contributed by atoms with Crippen molar-refractivity contribution in [3.63, 3.8) is 0 Å². The third-order valence-electron chi connectivity index (χ3n) is 3.63. The molecule has 1 amide bonds. The second-order valence-corrected chi connectivity index (χ2v) is 6.64. The Labute approximate surface area is 117 Å². The monoisotopic (exact) mass is 300 g/mol. The van der Waals surface area contributed by atoms with Gasteiger partial charge in [0.05, 0.1) is 4.90 Å². The van der Waals surface area contributed by atoms with Crippen molar-refractivity contribution in [1.29, 1.82) is 0 Å². The first-order chi connectivity index (χ1) is 9.24. The molecule has 0 spiro atoms. The van der Waals surface area contributed by atoms with E-state index in [-0.39, 0.29) is 22.1 Å². The zero-order valence-electron chi connectivity index (χ0n) is 11.3. The summed E-state index contributed by atoms with van der Waals surface area (Å²) in [5.74, 6) is -0.786. The SMILES string of the molecule is CCC1CC1NC(=O)c1cc(F)c(C)c(S(N)(=O)=O)c1. The van der Waals surface area contributed by atoms with Gasteiger partial charge in [-0.15, -0.1) is 0 Å². The molecule has 0 aliphatic heterocycles. The summed E-state index contributed by atoms with van der Waals surface area (Å²) in [4.78, 5) is 11.6. The molecule has 5 nitrogen and oxygen atoms in total. The maximum atomic E-state index is 13.7. The van der Waals surface area contributed by atoms with E-state index >= 15 is 0 Å². The molecule has 1 fully saturated rings. The van der Waals surface area contributed by atoms with Crippen LogP contribution < -0.4 is 10.5 Å². The minimum absolute atomic E-state index is 0.0288. The summed E-state index contributed by atoms with van der Waals surface area (Å²) in [5.41, 5.74) is -0.110. The molecule has 7 heteroatoms. The second kappa shape index (κ2) is 5.14. The van der Waals surface area contributed by atoms with Crippen LogP contribution in [0.3, 0.4) is 0 Å². The number of halogens is 1. The topological polar surface area (TPSA) is 89.3 Å². The fourth-order valence-electron chi connectivity index (χ4n) is 2.21. The lowest BCUT2D eigenvalue weighted by Crippen LogP contribution is -2.27. The molecule has 1 saturated carbocycles. The van der Waals surface area contributed by atoms with E-state index in [9.17, 15) is 17.6 Å². The van der Waals surface area contributed by atoms with Crippen molar-refractivity contribution >= 4 is 15.9 Å². The summed E-state index contributed by atoms with van der Waals surface area (Å²) in [6.45, 7) is 3.34. The quantitative estimate of drug-likeness (QED) is 0.878. The highest BCUT2D eigenvalue weighted by molar-refractivity contribution is 7.89. The average molecular weight is 300 g/mol. The molecule has 20 heavy (non-hydrogen) atoms. The summed E-state index contributed by atoms with van der Waals surface area (Å²) in [6.07, 6.45) is 1.87. The van der Waals surface area contributed by atoms with Crippen LogP contribution in [0.1, 0.15) is 35.7 Å². The third kappa shape index (κ3) is 2.99. The van der Waals surface area contributed by atoms with Crippen LogP contribution in [0.25, 0.3) is 0 Å². The first-order valence-electron chi connectivity index (χ1n) is 6.37. The Kier molecular flexibility index (Phi) is 3.84. The predicted octanol–water partition coefficient (Wildman–Crippen LogP) is 1.31. The Hall–Kier alpha value is -1.47. The Morgan fingerprint density at radius 2 is 2.15 bits per heavy atom. The van der Waals surface area contributed by atoms with Crippen molar-refractivity contribution in [1.82, 2.24) is 5.32 Å². The van der Waals surface area contributed by atoms with Crippen LogP contribution in [-0.2, 0) is 10.0 Å². The number of hydrogen-bond donors (Lipinski definition) is 2. The van der Waals surface area contributed by atoms with E-state index in [1.807, 2.05) is 6.92 Å². The molecule has 2 atom stereocenters. The number of benzene rings is 1. The van der Waals surface area contributed by atoms with Crippen molar-refractivity contribution in [2.45, 2.75) is 37.6 Å². The van der Waals surface area contributed by atoms with Gasteiger partial charge in [0.1, 0.15) is 5.82 Å². The van der Waals surface area contributed by atoms with E-state index in [2.05, 4.69) is 5.32 Å². The number of nitrogens with one attached hydrogen (secondary N) is 1. The largest absolute Gasteiger partial charge is 0.349 e. The standard InChI is InChI=1S/C13H17FN2O3S/c1-3-8-5-11(8)16-13(17)9-4-10(14)7(2)12(6-9)20(15,18)19/h4,6,8,11H,3,5H2,1-2H3,(H,16,17)(H2,15,18,19). The highest BCUT2D eigenvalue weighted by Gasteiger charge is 2.36. The van der Waals surface area contributed by atoms with E-state index in [0.29, 0.717) is 5.92 Å². The van der Waals surface area contributed by atoms with Gasteiger partial charge < -0.3 is 5.32 Å². The molecule has 0 radical (unpaired) electrons. The van der Waals surface area contributed by atoms with E-state index in [1.165, 1.54) is 6.92 Å². The molecule has 0 saturated heterocycles. The molecule has 1 aromatic rings. The van der Waals surface area contributed by atoms with Crippen molar-refractivity contribution in [3.05, 3.63) is 29.1 Å². The maximum absolute atomic E-state index is 13.7. The van der Waals surface area contributed by atoms with Crippen molar-refractivity contribution < 1.29 is 17.6 Å². The smallest absolute Gasteiger partial charge is 0.251 e. The summed E-state index contributed by atoms with van der Waals surface area (Å²) < 4.78 is 36.5. The van der Waals surface area contributed by atoms with Gasteiger partial charge in [-0.2, -0.15) is 0 Å². The summed E-state index contributed by atoms with van der Waals surface area (Å²) in [6, 6.07) is 2.24. The van der Waals surface area contributed by atoms with Gasteiger partial charge in [0.25, 0.3) is 5.91 Å². The van der Waals surface area contributed by atoms with Crippen LogP contribution >= 0.6 is 0 Å². The van der Waals surface area contributed by atoms with E-state index in [0.717, 1.165) is 25.0 Å². The van der Waals surface area contributed by atoms with Crippen molar-refractivity contribution in [2.75, 3.05) is 0 Å². The van der Waals surface area contributed by atoms with Gasteiger partial charge >= 0.3 is 0 Å². The number of nitrogens with two attached hydrogens (primary N) is 1. The minimum atomic E-state index is -4.06. The number of sulfonamides is 1. The molecule has 2 unspecified atom stereocenters. The van der Waals surface area contributed by atoms with Gasteiger partial charge in [0.15, 0.2) is 0 Å². The number of hydrogen-bond acceptors (Lipinski definition) is 3. The van der Waals surface area contributed by atoms with Gasteiger partial charge in [0, 0.05) is 17.2 Å². The molecular weight excluding hydrogens is 283 g/mol. The van der Waals surface area contributed by atoms with Crippen LogP contribution in [0.4, 0.5) is 4.39 Å². The van der Waals surface area contributed by atoms with Crippen LogP contribution in [0.15, 0.2) is 17.0 Å². The van der Waals surface area contributed by atoms with E-state index in [4.69, 9.17) is 5.14 Å². The zero-order chi connectivity index (χ0) is 15.1. The molecule has 2 rings (SSSR count).